The lowest BCUT2D eigenvalue weighted by Crippen LogP contribution is -1.95. The molecule has 1 aromatic heterocycles. The van der Waals surface area contributed by atoms with E-state index in [9.17, 15) is 0 Å². The van der Waals surface area contributed by atoms with Crippen LogP contribution in [0.5, 0.6) is 5.75 Å². The Hall–Kier alpha value is -1.01. The molecule has 1 N–H and O–H groups in total. The first kappa shape index (κ1) is 14.9. The Balaban J connectivity index is 2.29. The summed E-state index contributed by atoms with van der Waals surface area (Å²) < 4.78 is 8.56. The number of nitrogens with zero attached hydrogens (tertiary/aromatic N) is 1. The lowest BCUT2D eigenvalue weighted by Gasteiger charge is -2.08. The molecule has 0 saturated carbocycles. The van der Waals surface area contributed by atoms with E-state index in [4.69, 9.17) is 40.2 Å². The predicted molar refractivity (Wildman–Crippen MR) is 92.7 cm³/mol. The molecule has 0 radical (unpaired) electrons. The summed E-state index contributed by atoms with van der Waals surface area (Å²) in [4.78, 5) is 3.13. The fourth-order valence-corrected chi connectivity index (χ4v) is 3.32. The standard InChI is InChI=1S/C14H9BrCl2N2OS/c1-20-13-3-2-7(4-8(13)15)19-12-6-10(17)9(16)5-11(12)18-14(19)21/h2-6H,1H3,(H,18,21). The van der Waals surface area contributed by atoms with E-state index in [0.717, 1.165) is 26.9 Å². The van der Waals surface area contributed by atoms with Gasteiger partial charge in [-0.25, -0.2) is 0 Å². The molecule has 3 aromatic rings. The number of imidazole rings is 1. The molecule has 0 aliphatic heterocycles. The zero-order valence-electron chi connectivity index (χ0n) is 10.8. The van der Waals surface area contributed by atoms with Gasteiger partial charge in [-0.05, 0) is 58.5 Å². The summed E-state index contributed by atoms with van der Waals surface area (Å²) in [6.45, 7) is 0. The summed E-state index contributed by atoms with van der Waals surface area (Å²) in [5.74, 6) is 0.756. The Kier molecular flexibility index (Phi) is 4.01. The van der Waals surface area contributed by atoms with Gasteiger partial charge >= 0.3 is 0 Å². The number of hydrogen-bond acceptors (Lipinski definition) is 2. The third-order valence-corrected chi connectivity index (χ3v) is 4.74. The van der Waals surface area contributed by atoms with E-state index in [1.165, 1.54) is 0 Å². The smallest absolute Gasteiger partial charge is 0.182 e. The van der Waals surface area contributed by atoms with Gasteiger partial charge in [-0.2, -0.15) is 0 Å². The highest BCUT2D eigenvalue weighted by Crippen LogP contribution is 2.32. The molecule has 0 unspecified atom stereocenters. The van der Waals surface area contributed by atoms with E-state index in [-0.39, 0.29) is 0 Å². The van der Waals surface area contributed by atoms with E-state index >= 15 is 0 Å². The van der Waals surface area contributed by atoms with Crippen molar-refractivity contribution in [1.82, 2.24) is 9.55 Å². The molecule has 0 atom stereocenters. The van der Waals surface area contributed by atoms with Gasteiger partial charge in [-0.1, -0.05) is 23.2 Å². The first-order valence-electron chi connectivity index (χ1n) is 5.95. The van der Waals surface area contributed by atoms with Crippen molar-refractivity contribution in [3.8, 4) is 11.4 Å². The Morgan fingerprint density at radius 3 is 2.57 bits per heavy atom. The van der Waals surface area contributed by atoms with Crippen molar-refractivity contribution in [3.63, 3.8) is 0 Å². The summed E-state index contributed by atoms with van der Waals surface area (Å²) in [6.07, 6.45) is 0. The maximum atomic E-state index is 6.11. The van der Waals surface area contributed by atoms with Crippen LogP contribution >= 0.6 is 51.3 Å². The second-order valence-electron chi connectivity index (χ2n) is 4.37. The molecule has 0 bridgehead atoms. The van der Waals surface area contributed by atoms with Crippen molar-refractivity contribution < 1.29 is 4.74 Å². The minimum atomic E-state index is 0.486. The third kappa shape index (κ3) is 2.59. The van der Waals surface area contributed by atoms with Crippen LogP contribution in [0.1, 0.15) is 0 Å². The highest BCUT2D eigenvalue weighted by molar-refractivity contribution is 9.10. The number of fused-ring (bicyclic) bond motifs is 1. The summed E-state index contributed by atoms with van der Waals surface area (Å²) in [7, 11) is 1.62. The van der Waals surface area contributed by atoms with E-state index in [0.29, 0.717) is 14.8 Å². The Morgan fingerprint density at radius 2 is 1.90 bits per heavy atom. The van der Waals surface area contributed by atoms with Crippen molar-refractivity contribution in [3.05, 3.63) is 49.6 Å². The van der Waals surface area contributed by atoms with Crippen LogP contribution in [-0.4, -0.2) is 16.7 Å². The number of nitrogens with one attached hydrogen (secondary N) is 1. The van der Waals surface area contributed by atoms with Crippen LogP contribution in [0.3, 0.4) is 0 Å². The first-order valence-corrected chi connectivity index (χ1v) is 7.90. The molecule has 3 rings (SSSR count). The van der Waals surface area contributed by atoms with Crippen LogP contribution in [0, 0.1) is 4.77 Å². The lowest BCUT2D eigenvalue weighted by molar-refractivity contribution is 0.412. The highest BCUT2D eigenvalue weighted by atomic mass is 79.9. The number of methoxy groups -OCH3 is 1. The number of halogens is 3. The van der Waals surface area contributed by atoms with Crippen molar-refractivity contribution in [2.45, 2.75) is 0 Å². The van der Waals surface area contributed by atoms with Crippen molar-refractivity contribution in [2.24, 2.45) is 0 Å². The van der Waals surface area contributed by atoms with E-state index in [2.05, 4.69) is 20.9 Å². The SMILES string of the molecule is COc1ccc(-n2c(=S)[nH]c3cc(Cl)c(Cl)cc32)cc1Br. The number of aromatic nitrogens is 2. The molecular weight excluding hydrogens is 395 g/mol. The van der Waals surface area contributed by atoms with E-state index in [1.54, 1.807) is 19.2 Å². The van der Waals surface area contributed by atoms with Crippen molar-refractivity contribution >= 4 is 62.4 Å². The second kappa shape index (κ2) is 5.65. The summed E-state index contributed by atoms with van der Waals surface area (Å²) in [5, 5.41) is 0.975. The van der Waals surface area contributed by atoms with Gasteiger partial charge in [0, 0.05) is 5.69 Å². The Labute approximate surface area is 144 Å². The maximum Gasteiger partial charge on any atom is 0.182 e. The molecule has 3 nitrogen and oxygen atoms in total. The second-order valence-corrected chi connectivity index (χ2v) is 6.42. The highest BCUT2D eigenvalue weighted by Gasteiger charge is 2.11. The lowest BCUT2D eigenvalue weighted by atomic mass is 10.2. The minimum Gasteiger partial charge on any atom is -0.496 e. The molecule has 0 spiro atoms. The molecule has 108 valence electrons. The van der Waals surface area contributed by atoms with Crippen LogP contribution < -0.4 is 4.74 Å². The quantitative estimate of drug-likeness (QED) is 0.550. The van der Waals surface area contributed by atoms with Crippen LogP contribution in [0.4, 0.5) is 0 Å². The van der Waals surface area contributed by atoms with Crippen LogP contribution in [0.2, 0.25) is 10.0 Å². The molecule has 7 heteroatoms. The fraction of sp³-hybridized carbons (Fsp3) is 0.0714. The summed E-state index contributed by atoms with van der Waals surface area (Å²) in [5.41, 5.74) is 2.60. The van der Waals surface area contributed by atoms with Crippen LogP contribution in [-0.2, 0) is 0 Å². The van der Waals surface area contributed by atoms with Crippen molar-refractivity contribution in [1.29, 1.82) is 0 Å². The molecular formula is C14H9BrCl2N2OS. The molecule has 0 fully saturated rings. The van der Waals surface area contributed by atoms with Gasteiger partial charge < -0.3 is 9.72 Å². The number of benzene rings is 2. The number of rotatable bonds is 2. The molecule has 0 aliphatic rings. The van der Waals surface area contributed by atoms with Crippen LogP contribution in [0.15, 0.2) is 34.8 Å². The monoisotopic (exact) mass is 402 g/mol. The van der Waals surface area contributed by atoms with Crippen LogP contribution in [0.25, 0.3) is 16.7 Å². The molecule has 0 amide bonds. The number of ether oxygens (including phenoxy) is 1. The minimum absolute atomic E-state index is 0.486. The van der Waals surface area contributed by atoms with Gasteiger partial charge in [0.2, 0.25) is 0 Å². The fourth-order valence-electron chi connectivity index (χ4n) is 2.15. The topological polar surface area (TPSA) is 29.9 Å². The molecule has 0 saturated heterocycles. The largest absolute Gasteiger partial charge is 0.496 e. The maximum absolute atomic E-state index is 6.11. The van der Waals surface area contributed by atoms with Crippen molar-refractivity contribution in [2.75, 3.05) is 7.11 Å². The predicted octanol–water partition coefficient (Wildman–Crippen LogP) is 5.77. The van der Waals surface area contributed by atoms with Gasteiger partial charge in [0.1, 0.15) is 5.75 Å². The Morgan fingerprint density at radius 1 is 1.19 bits per heavy atom. The number of aromatic amines is 1. The van der Waals surface area contributed by atoms with Gasteiger partial charge in [-0.3, -0.25) is 4.57 Å². The molecule has 0 aliphatic carbocycles. The number of hydrogen-bond donors (Lipinski definition) is 1. The first-order chi connectivity index (χ1) is 10.0. The third-order valence-electron chi connectivity index (χ3n) is 3.12. The van der Waals surface area contributed by atoms with E-state index < -0.39 is 0 Å². The normalized spacial score (nSPS) is 11.0. The molecule has 2 aromatic carbocycles. The average molecular weight is 404 g/mol. The van der Waals surface area contributed by atoms with Gasteiger partial charge in [0.15, 0.2) is 4.77 Å². The number of H-pyrrole nitrogens is 1. The van der Waals surface area contributed by atoms with E-state index in [1.807, 2.05) is 22.8 Å². The summed E-state index contributed by atoms with van der Waals surface area (Å²) >= 11 is 21.0. The summed E-state index contributed by atoms with van der Waals surface area (Å²) in [6, 6.07) is 9.30. The zero-order valence-corrected chi connectivity index (χ0v) is 14.7. The Bertz CT molecular complexity index is 904. The van der Waals surface area contributed by atoms with Gasteiger partial charge in [0.25, 0.3) is 0 Å². The average Bonchev–Trinajstić information content (AvgIpc) is 2.74. The van der Waals surface area contributed by atoms with Gasteiger partial charge in [0.05, 0.1) is 32.7 Å². The van der Waals surface area contributed by atoms with Gasteiger partial charge in [-0.15, -0.1) is 0 Å². The zero-order chi connectivity index (χ0) is 15.1. The molecule has 21 heavy (non-hydrogen) atoms. The molecule has 1 heterocycles.